The molecule has 8 heteroatoms. The number of rotatable bonds is 8. The third-order valence-electron chi connectivity index (χ3n) is 5.92. The quantitative estimate of drug-likeness (QED) is 0.462. The van der Waals surface area contributed by atoms with Crippen LogP contribution >= 0.6 is 22.7 Å². The van der Waals surface area contributed by atoms with Gasteiger partial charge in [-0.05, 0) is 72.8 Å². The Balaban J connectivity index is 1.67. The summed E-state index contributed by atoms with van der Waals surface area (Å²) >= 11 is 2.77. The minimum atomic E-state index is -0.812. The van der Waals surface area contributed by atoms with E-state index in [0.717, 1.165) is 41.7 Å². The highest BCUT2D eigenvalue weighted by Crippen LogP contribution is 2.32. The number of nitrogens with one attached hydrogen (secondary N) is 2. The van der Waals surface area contributed by atoms with E-state index in [-0.39, 0.29) is 30.3 Å². The SMILES string of the molecule is Cc1cc(C)cc(N(C(=O)CNC(=O)c2cccs2)[C@@H](C(=O)NC2CCCC2)c2cccs2)c1. The fourth-order valence-corrected chi connectivity index (χ4v) is 5.89. The Morgan fingerprint density at radius 1 is 1.00 bits per heavy atom. The first kappa shape index (κ1) is 24.2. The average Bonchev–Trinajstić information content (AvgIpc) is 3.58. The molecule has 3 amide bonds. The van der Waals surface area contributed by atoms with Gasteiger partial charge in [0.05, 0.1) is 11.4 Å². The number of carbonyl (C=O) groups excluding carboxylic acids is 3. The lowest BCUT2D eigenvalue weighted by Crippen LogP contribution is -2.49. The number of nitrogens with zero attached hydrogens (tertiary/aromatic N) is 1. The number of amides is 3. The zero-order chi connectivity index (χ0) is 24.1. The van der Waals surface area contributed by atoms with Crippen molar-refractivity contribution in [1.82, 2.24) is 10.6 Å². The van der Waals surface area contributed by atoms with Crippen molar-refractivity contribution in [3.8, 4) is 0 Å². The van der Waals surface area contributed by atoms with Gasteiger partial charge in [-0.15, -0.1) is 22.7 Å². The highest BCUT2D eigenvalue weighted by atomic mass is 32.1. The highest BCUT2D eigenvalue weighted by molar-refractivity contribution is 7.12. The van der Waals surface area contributed by atoms with Gasteiger partial charge in [-0.25, -0.2) is 0 Å². The van der Waals surface area contributed by atoms with Crippen molar-refractivity contribution < 1.29 is 14.4 Å². The van der Waals surface area contributed by atoms with Gasteiger partial charge in [0.2, 0.25) is 11.8 Å². The molecule has 1 aromatic carbocycles. The number of hydrogen-bond donors (Lipinski definition) is 2. The Labute approximate surface area is 208 Å². The molecule has 2 aromatic heterocycles. The molecule has 6 nitrogen and oxygen atoms in total. The minimum Gasteiger partial charge on any atom is -0.351 e. The summed E-state index contributed by atoms with van der Waals surface area (Å²) in [4.78, 5) is 42.6. The molecular weight excluding hydrogens is 466 g/mol. The van der Waals surface area contributed by atoms with Crippen LogP contribution in [0, 0.1) is 13.8 Å². The van der Waals surface area contributed by atoms with E-state index >= 15 is 0 Å². The van der Waals surface area contributed by atoms with Crippen molar-refractivity contribution in [2.45, 2.75) is 51.6 Å². The molecule has 1 aliphatic rings. The maximum atomic E-state index is 13.7. The Morgan fingerprint density at radius 3 is 2.29 bits per heavy atom. The first-order valence-corrected chi connectivity index (χ1v) is 13.2. The van der Waals surface area contributed by atoms with Gasteiger partial charge in [0.15, 0.2) is 0 Å². The molecule has 1 atom stereocenters. The fraction of sp³-hybridized carbons (Fsp3) is 0.346. The summed E-state index contributed by atoms with van der Waals surface area (Å²) in [6.07, 6.45) is 4.11. The van der Waals surface area contributed by atoms with Crippen LogP contribution in [0.15, 0.2) is 53.2 Å². The Morgan fingerprint density at radius 2 is 1.68 bits per heavy atom. The minimum absolute atomic E-state index is 0.129. The fourth-order valence-electron chi connectivity index (χ4n) is 4.43. The molecule has 34 heavy (non-hydrogen) atoms. The number of carbonyl (C=O) groups is 3. The van der Waals surface area contributed by atoms with Crippen molar-refractivity contribution in [2.24, 2.45) is 0 Å². The Bertz CT molecular complexity index is 1120. The molecule has 178 valence electrons. The van der Waals surface area contributed by atoms with Crippen molar-refractivity contribution in [1.29, 1.82) is 0 Å². The number of thiophene rings is 2. The van der Waals surface area contributed by atoms with Crippen LogP contribution in [-0.2, 0) is 9.59 Å². The number of hydrogen-bond acceptors (Lipinski definition) is 5. The van der Waals surface area contributed by atoms with Gasteiger partial charge in [-0.3, -0.25) is 19.3 Å². The van der Waals surface area contributed by atoms with Crippen LogP contribution in [0.4, 0.5) is 5.69 Å². The molecule has 1 saturated carbocycles. The molecule has 2 N–H and O–H groups in total. The summed E-state index contributed by atoms with van der Waals surface area (Å²) in [5.74, 6) is -0.826. The largest absolute Gasteiger partial charge is 0.351 e. The molecule has 4 rings (SSSR count). The number of aryl methyl sites for hydroxylation is 2. The lowest BCUT2D eigenvalue weighted by atomic mass is 10.1. The van der Waals surface area contributed by atoms with E-state index in [9.17, 15) is 14.4 Å². The van der Waals surface area contributed by atoms with Crippen LogP contribution in [-0.4, -0.2) is 30.3 Å². The zero-order valence-electron chi connectivity index (χ0n) is 19.4. The normalized spacial score (nSPS) is 14.5. The first-order chi connectivity index (χ1) is 16.4. The van der Waals surface area contributed by atoms with Gasteiger partial charge in [-0.1, -0.05) is 31.0 Å². The van der Waals surface area contributed by atoms with E-state index in [1.165, 1.54) is 22.7 Å². The topological polar surface area (TPSA) is 78.5 Å². The summed E-state index contributed by atoms with van der Waals surface area (Å²) in [6, 6.07) is 12.5. The Kier molecular flexibility index (Phi) is 7.80. The number of anilines is 1. The maximum absolute atomic E-state index is 13.7. The van der Waals surface area contributed by atoms with Crippen LogP contribution in [0.3, 0.4) is 0 Å². The maximum Gasteiger partial charge on any atom is 0.261 e. The highest BCUT2D eigenvalue weighted by Gasteiger charge is 2.35. The third kappa shape index (κ3) is 5.74. The molecule has 0 unspecified atom stereocenters. The predicted octanol–water partition coefficient (Wildman–Crippen LogP) is 4.99. The van der Waals surface area contributed by atoms with E-state index in [1.807, 2.05) is 54.9 Å². The molecule has 3 aromatic rings. The van der Waals surface area contributed by atoms with E-state index in [0.29, 0.717) is 10.6 Å². The van der Waals surface area contributed by atoms with Gasteiger partial charge < -0.3 is 10.6 Å². The van der Waals surface area contributed by atoms with E-state index in [4.69, 9.17) is 0 Å². The van der Waals surface area contributed by atoms with Crippen LogP contribution in [0.2, 0.25) is 0 Å². The molecular formula is C26H29N3O3S2. The standard InChI is InChI=1S/C26H29N3O3S2/c1-17-13-18(2)15-20(14-17)29(23(30)16-27-25(31)22-10-6-12-34-22)24(21-9-5-11-33-21)26(32)28-19-7-3-4-8-19/h5-6,9-15,19,24H,3-4,7-8,16H2,1-2H3,(H,27,31)(H,28,32)/t24-/m1/s1. The van der Waals surface area contributed by atoms with E-state index in [2.05, 4.69) is 10.6 Å². The van der Waals surface area contributed by atoms with Crippen molar-refractivity contribution >= 4 is 46.1 Å². The molecule has 0 saturated heterocycles. The molecule has 0 spiro atoms. The van der Waals surface area contributed by atoms with Gasteiger partial charge in [-0.2, -0.15) is 0 Å². The molecule has 1 fully saturated rings. The van der Waals surface area contributed by atoms with E-state index in [1.54, 1.807) is 17.0 Å². The first-order valence-electron chi connectivity index (χ1n) is 11.5. The average molecular weight is 496 g/mol. The monoisotopic (exact) mass is 495 g/mol. The van der Waals surface area contributed by atoms with Crippen LogP contribution in [0.25, 0.3) is 0 Å². The van der Waals surface area contributed by atoms with Gasteiger partial charge >= 0.3 is 0 Å². The van der Waals surface area contributed by atoms with Crippen LogP contribution < -0.4 is 15.5 Å². The molecule has 1 aliphatic carbocycles. The van der Waals surface area contributed by atoms with Gasteiger partial charge in [0, 0.05) is 16.6 Å². The zero-order valence-corrected chi connectivity index (χ0v) is 21.0. The summed E-state index contributed by atoms with van der Waals surface area (Å²) in [7, 11) is 0. The van der Waals surface area contributed by atoms with E-state index < -0.39 is 6.04 Å². The second-order valence-corrected chi connectivity index (χ2v) is 10.6. The van der Waals surface area contributed by atoms with Gasteiger partial charge in [0.25, 0.3) is 5.91 Å². The molecule has 2 heterocycles. The molecule has 0 aliphatic heterocycles. The lowest BCUT2D eigenvalue weighted by molar-refractivity contribution is -0.126. The summed E-state index contributed by atoms with van der Waals surface area (Å²) < 4.78 is 0. The van der Waals surface area contributed by atoms with Crippen LogP contribution in [0.5, 0.6) is 0 Å². The Hall–Kier alpha value is -2.97. The summed E-state index contributed by atoms with van der Waals surface area (Å²) in [6.45, 7) is 3.73. The molecule has 0 bridgehead atoms. The third-order valence-corrected chi connectivity index (χ3v) is 7.71. The van der Waals surface area contributed by atoms with Gasteiger partial charge in [0.1, 0.15) is 6.04 Å². The lowest BCUT2D eigenvalue weighted by Gasteiger charge is -2.32. The smallest absolute Gasteiger partial charge is 0.261 e. The van der Waals surface area contributed by atoms with Crippen molar-refractivity contribution in [3.05, 3.63) is 74.1 Å². The van der Waals surface area contributed by atoms with Crippen LogP contribution in [0.1, 0.15) is 57.4 Å². The number of benzene rings is 1. The second-order valence-electron chi connectivity index (χ2n) is 8.68. The van der Waals surface area contributed by atoms with Crippen molar-refractivity contribution in [2.75, 3.05) is 11.4 Å². The van der Waals surface area contributed by atoms with Crippen molar-refractivity contribution in [3.63, 3.8) is 0 Å². The molecule has 0 radical (unpaired) electrons. The second kappa shape index (κ2) is 11.0. The summed E-state index contributed by atoms with van der Waals surface area (Å²) in [5.41, 5.74) is 2.64. The predicted molar refractivity (Wildman–Crippen MR) is 138 cm³/mol. The summed E-state index contributed by atoms with van der Waals surface area (Å²) in [5, 5.41) is 9.63.